The van der Waals surface area contributed by atoms with Crippen LogP contribution in [0.15, 0.2) is 71.7 Å². The predicted octanol–water partition coefficient (Wildman–Crippen LogP) is 2.52. The summed E-state index contributed by atoms with van der Waals surface area (Å²) in [5, 5.41) is 18.6. The summed E-state index contributed by atoms with van der Waals surface area (Å²) in [5.74, 6) is -0.431. The van der Waals surface area contributed by atoms with Crippen LogP contribution in [0.4, 0.5) is 0 Å². The van der Waals surface area contributed by atoms with Gasteiger partial charge in [-0.1, -0.05) is 48.6 Å². The average Bonchev–Trinajstić information content (AvgIpc) is 2.55. The van der Waals surface area contributed by atoms with E-state index in [4.69, 9.17) is 14.6 Å². The number of aliphatic hydroxyl groups is 1. The van der Waals surface area contributed by atoms with E-state index in [0.717, 1.165) is 5.56 Å². The number of aliphatic carboxylic acids is 1. The van der Waals surface area contributed by atoms with Gasteiger partial charge in [0.25, 0.3) is 0 Å². The van der Waals surface area contributed by atoms with Crippen molar-refractivity contribution in [3.63, 3.8) is 0 Å². The second-order valence-corrected chi connectivity index (χ2v) is 4.80. The Kier molecular flexibility index (Phi) is 5.77. The summed E-state index contributed by atoms with van der Waals surface area (Å²) in [6.45, 7) is -0.508. The highest BCUT2D eigenvalue weighted by Crippen LogP contribution is 2.24. The molecule has 2 N–H and O–H groups in total. The smallest absolute Gasteiger partial charge is 0.341 e. The number of aliphatic hydroxyl groups excluding tert-OH is 1. The third kappa shape index (κ3) is 4.86. The number of ether oxygens (including phenoxy) is 2. The van der Waals surface area contributed by atoms with Crippen molar-refractivity contribution >= 4 is 12.0 Å². The number of methoxy groups -OCH3 is 1. The predicted molar refractivity (Wildman–Crippen MR) is 86.3 cm³/mol. The van der Waals surface area contributed by atoms with E-state index in [9.17, 15) is 9.90 Å². The van der Waals surface area contributed by atoms with Gasteiger partial charge in [-0.25, -0.2) is 4.79 Å². The van der Waals surface area contributed by atoms with Crippen LogP contribution in [0.2, 0.25) is 0 Å². The van der Waals surface area contributed by atoms with Crippen LogP contribution in [0.1, 0.15) is 5.56 Å². The molecule has 1 aromatic carbocycles. The third-order valence-corrected chi connectivity index (χ3v) is 3.13. The number of benzene rings is 1. The minimum atomic E-state index is -1.10. The van der Waals surface area contributed by atoms with Crippen molar-refractivity contribution in [2.75, 3.05) is 13.7 Å². The van der Waals surface area contributed by atoms with E-state index in [1.54, 1.807) is 12.2 Å². The first kappa shape index (κ1) is 16.6. The van der Waals surface area contributed by atoms with Crippen molar-refractivity contribution in [2.45, 2.75) is 6.10 Å². The standard InChI is InChI=1S/C18H18O5/c1-22-16-11-15(19)17(23-12-18(20)21)10-14(16)9-5-8-13-6-3-2-4-7-13/h2-11,15,19H,12H2,1H3,(H,20,21)/b8-5+,14-9-. The summed E-state index contributed by atoms with van der Waals surface area (Å²) in [6.07, 6.45) is 7.59. The SMILES string of the molecule is COC1=CC(O)C(OCC(=O)O)=C/C1=C/C=C/c1ccccc1. The molecular weight excluding hydrogens is 296 g/mol. The largest absolute Gasteiger partial charge is 0.496 e. The van der Waals surface area contributed by atoms with E-state index in [1.165, 1.54) is 13.2 Å². The van der Waals surface area contributed by atoms with Gasteiger partial charge >= 0.3 is 5.97 Å². The Labute approximate surface area is 134 Å². The molecule has 1 aliphatic carbocycles. The van der Waals surface area contributed by atoms with Crippen molar-refractivity contribution in [3.05, 3.63) is 77.3 Å². The molecule has 0 saturated carbocycles. The van der Waals surface area contributed by atoms with Gasteiger partial charge in [0.05, 0.1) is 7.11 Å². The monoisotopic (exact) mass is 314 g/mol. The molecule has 5 nitrogen and oxygen atoms in total. The zero-order valence-electron chi connectivity index (χ0n) is 12.7. The van der Waals surface area contributed by atoms with E-state index in [-0.39, 0.29) is 5.76 Å². The molecule has 1 aromatic rings. The molecule has 0 heterocycles. The molecule has 1 aliphatic rings. The number of carboxylic acid groups (broad SMARTS) is 1. The van der Waals surface area contributed by atoms with Gasteiger partial charge in [-0.15, -0.1) is 0 Å². The molecule has 0 fully saturated rings. The van der Waals surface area contributed by atoms with Crippen LogP contribution in [0.3, 0.4) is 0 Å². The number of allylic oxidation sites excluding steroid dienone is 3. The van der Waals surface area contributed by atoms with Crippen LogP contribution >= 0.6 is 0 Å². The molecule has 0 aromatic heterocycles. The number of hydrogen-bond donors (Lipinski definition) is 2. The van der Waals surface area contributed by atoms with Crippen molar-refractivity contribution in [1.29, 1.82) is 0 Å². The maximum absolute atomic E-state index is 10.6. The van der Waals surface area contributed by atoms with Gasteiger partial charge in [-0.2, -0.15) is 0 Å². The van der Waals surface area contributed by atoms with Crippen LogP contribution in [0, 0.1) is 0 Å². The number of carboxylic acids is 1. The summed E-state index contributed by atoms with van der Waals surface area (Å²) in [6, 6.07) is 9.79. The molecule has 5 heteroatoms. The lowest BCUT2D eigenvalue weighted by Crippen LogP contribution is -2.19. The van der Waals surface area contributed by atoms with Gasteiger partial charge < -0.3 is 19.7 Å². The molecule has 1 unspecified atom stereocenters. The summed E-state index contributed by atoms with van der Waals surface area (Å²) >= 11 is 0. The lowest BCUT2D eigenvalue weighted by molar-refractivity contribution is -0.141. The molecule has 0 bridgehead atoms. The van der Waals surface area contributed by atoms with E-state index in [2.05, 4.69) is 0 Å². The average molecular weight is 314 g/mol. The first-order valence-corrected chi connectivity index (χ1v) is 7.04. The van der Waals surface area contributed by atoms with Crippen LogP contribution in [0.5, 0.6) is 0 Å². The van der Waals surface area contributed by atoms with Crippen molar-refractivity contribution < 1.29 is 24.5 Å². The van der Waals surface area contributed by atoms with Gasteiger partial charge in [0, 0.05) is 5.57 Å². The molecular formula is C18H18O5. The molecule has 0 aliphatic heterocycles. The summed E-state index contributed by atoms with van der Waals surface area (Å²) in [7, 11) is 1.50. The highest BCUT2D eigenvalue weighted by Gasteiger charge is 2.20. The normalized spacial score (nSPS) is 19.4. The maximum atomic E-state index is 10.6. The van der Waals surface area contributed by atoms with Crippen molar-refractivity contribution in [2.24, 2.45) is 0 Å². The fourth-order valence-corrected chi connectivity index (χ4v) is 2.05. The highest BCUT2D eigenvalue weighted by atomic mass is 16.5. The van der Waals surface area contributed by atoms with E-state index in [0.29, 0.717) is 11.3 Å². The van der Waals surface area contributed by atoms with Crippen LogP contribution in [-0.4, -0.2) is 36.0 Å². The second-order valence-electron chi connectivity index (χ2n) is 4.80. The summed E-state index contributed by atoms with van der Waals surface area (Å²) in [5.41, 5.74) is 1.74. The van der Waals surface area contributed by atoms with Gasteiger partial charge in [-0.05, 0) is 17.7 Å². The van der Waals surface area contributed by atoms with E-state index in [1.807, 2.05) is 42.5 Å². The zero-order valence-corrected chi connectivity index (χ0v) is 12.7. The Balaban J connectivity index is 2.18. The Morgan fingerprint density at radius 2 is 2.04 bits per heavy atom. The molecule has 0 saturated heterocycles. The topological polar surface area (TPSA) is 76.0 Å². The Morgan fingerprint density at radius 3 is 2.70 bits per heavy atom. The molecule has 0 spiro atoms. The van der Waals surface area contributed by atoms with E-state index < -0.39 is 18.7 Å². The first-order chi connectivity index (χ1) is 11.1. The van der Waals surface area contributed by atoms with Crippen molar-refractivity contribution in [1.82, 2.24) is 0 Å². The third-order valence-electron chi connectivity index (χ3n) is 3.13. The molecule has 23 heavy (non-hydrogen) atoms. The number of hydrogen-bond acceptors (Lipinski definition) is 4. The highest BCUT2D eigenvalue weighted by molar-refractivity contribution is 5.68. The zero-order chi connectivity index (χ0) is 16.7. The number of carbonyl (C=O) groups is 1. The van der Waals surface area contributed by atoms with Crippen LogP contribution < -0.4 is 0 Å². The minimum absolute atomic E-state index is 0.174. The van der Waals surface area contributed by atoms with Crippen LogP contribution in [-0.2, 0) is 14.3 Å². The van der Waals surface area contributed by atoms with Crippen LogP contribution in [0.25, 0.3) is 6.08 Å². The minimum Gasteiger partial charge on any atom is -0.496 e. The lowest BCUT2D eigenvalue weighted by atomic mass is 10.0. The molecule has 1 atom stereocenters. The molecule has 0 radical (unpaired) electrons. The maximum Gasteiger partial charge on any atom is 0.341 e. The molecule has 2 rings (SSSR count). The quantitative estimate of drug-likeness (QED) is 0.844. The fourth-order valence-electron chi connectivity index (χ4n) is 2.05. The van der Waals surface area contributed by atoms with Crippen molar-refractivity contribution in [3.8, 4) is 0 Å². The first-order valence-electron chi connectivity index (χ1n) is 7.04. The Morgan fingerprint density at radius 1 is 1.30 bits per heavy atom. The Hall–Kier alpha value is -2.79. The molecule has 0 amide bonds. The lowest BCUT2D eigenvalue weighted by Gasteiger charge is -2.20. The van der Waals surface area contributed by atoms with Gasteiger partial charge in [0.2, 0.25) is 0 Å². The number of rotatable bonds is 6. The summed E-state index contributed by atoms with van der Waals surface area (Å²) in [4.78, 5) is 10.6. The van der Waals surface area contributed by atoms with Gasteiger partial charge in [-0.3, -0.25) is 0 Å². The van der Waals surface area contributed by atoms with Gasteiger partial charge in [0.15, 0.2) is 6.61 Å². The van der Waals surface area contributed by atoms with E-state index >= 15 is 0 Å². The fraction of sp³-hybridized carbons (Fsp3) is 0.167. The Bertz CT molecular complexity index is 668. The summed E-state index contributed by atoms with van der Waals surface area (Å²) < 4.78 is 10.3. The van der Waals surface area contributed by atoms with Gasteiger partial charge in [0.1, 0.15) is 17.6 Å². The second kappa shape index (κ2) is 8.00. The molecule has 120 valence electrons.